The molecule has 1 aromatic carbocycles. The first kappa shape index (κ1) is 15.1. The van der Waals surface area contributed by atoms with E-state index in [0.717, 1.165) is 6.07 Å². The highest BCUT2D eigenvalue weighted by molar-refractivity contribution is 5.38. The van der Waals surface area contributed by atoms with E-state index in [4.69, 9.17) is 4.74 Å². The fourth-order valence-electron chi connectivity index (χ4n) is 2.48. The summed E-state index contributed by atoms with van der Waals surface area (Å²) in [4.78, 5) is 1.30. The fraction of sp³-hybridized carbons (Fsp3) is 0.538. The van der Waals surface area contributed by atoms with Gasteiger partial charge in [-0.3, -0.25) is 4.90 Å². The van der Waals surface area contributed by atoms with Gasteiger partial charge in [0.2, 0.25) is 0 Å². The Morgan fingerprint density at radius 1 is 1.25 bits per heavy atom. The van der Waals surface area contributed by atoms with Crippen molar-refractivity contribution < 1.29 is 22.3 Å². The van der Waals surface area contributed by atoms with Gasteiger partial charge in [-0.2, -0.15) is 13.2 Å². The minimum Gasteiger partial charge on any atom is -0.493 e. The first-order valence-corrected chi connectivity index (χ1v) is 6.29. The normalized spacial score (nSPS) is 18.9. The number of piperazine rings is 1. The Labute approximate surface area is 114 Å². The number of benzene rings is 1. The van der Waals surface area contributed by atoms with Gasteiger partial charge in [-0.05, 0) is 6.07 Å². The zero-order valence-corrected chi connectivity index (χ0v) is 11.0. The molecule has 0 aromatic heterocycles. The van der Waals surface area contributed by atoms with Gasteiger partial charge in [0.15, 0.2) is 11.6 Å². The van der Waals surface area contributed by atoms with Crippen molar-refractivity contribution in [3.63, 3.8) is 0 Å². The lowest BCUT2D eigenvalue weighted by Gasteiger charge is -2.36. The van der Waals surface area contributed by atoms with E-state index < -0.39 is 18.0 Å². The Morgan fingerprint density at radius 2 is 1.90 bits per heavy atom. The molecule has 1 aliphatic heterocycles. The van der Waals surface area contributed by atoms with E-state index in [9.17, 15) is 17.6 Å². The molecule has 0 unspecified atom stereocenters. The Kier molecular flexibility index (Phi) is 4.49. The lowest BCUT2D eigenvalue weighted by molar-refractivity contribution is -0.188. The van der Waals surface area contributed by atoms with Crippen LogP contribution in [0.2, 0.25) is 0 Å². The van der Waals surface area contributed by atoms with Gasteiger partial charge in [0.05, 0.1) is 7.11 Å². The minimum absolute atomic E-state index is 0.179. The lowest BCUT2D eigenvalue weighted by atomic mass is 10.0. The summed E-state index contributed by atoms with van der Waals surface area (Å²) >= 11 is 0. The van der Waals surface area contributed by atoms with Gasteiger partial charge in [-0.25, -0.2) is 4.39 Å². The van der Waals surface area contributed by atoms with Crippen LogP contribution < -0.4 is 10.1 Å². The van der Waals surface area contributed by atoms with Gasteiger partial charge in [0.1, 0.15) is 6.04 Å². The van der Waals surface area contributed by atoms with Crippen molar-refractivity contribution in [2.24, 2.45) is 0 Å². The van der Waals surface area contributed by atoms with Crippen LogP contribution in [0.25, 0.3) is 0 Å². The predicted octanol–water partition coefficient (Wildman–Crippen LogP) is 2.34. The summed E-state index contributed by atoms with van der Waals surface area (Å²) in [5.74, 6) is -1.12. The molecule has 0 radical (unpaired) electrons. The largest absolute Gasteiger partial charge is 0.493 e. The van der Waals surface area contributed by atoms with Crippen molar-refractivity contribution in [3.05, 3.63) is 29.6 Å². The second-order valence-electron chi connectivity index (χ2n) is 4.59. The van der Waals surface area contributed by atoms with Crippen LogP contribution >= 0.6 is 0 Å². The maximum Gasteiger partial charge on any atom is 0.408 e. The molecule has 7 heteroatoms. The first-order valence-electron chi connectivity index (χ1n) is 6.29. The summed E-state index contributed by atoms with van der Waals surface area (Å²) < 4.78 is 58.7. The number of hydrogen-bond acceptors (Lipinski definition) is 3. The third-order valence-electron chi connectivity index (χ3n) is 3.32. The molecule has 1 N–H and O–H groups in total. The van der Waals surface area contributed by atoms with E-state index in [2.05, 4.69) is 5.32 Å². The van der Waals surface area contributed by atoms with Gasteiger partial charge in [0.25, 0.3) is 0 Å². The standard InChI is InChI=1S/C13H16F4N2O/c1-20-11-9(3-2-4-10(11)14)12(13(15,16)17)19-7-5-18-6-8-19/h2-4,12,18H,5-8H2,1H3/t12-/m1/s1. The lowest BCUT2D eigenvalue weighted by Crippen LogP contribution is -2.49. The summed E-state index contributed by atoms with van der Waals surface area (Å²) in [5.41, 5.74) is -0.179. The minimum atomic E-state index is -4.49. The summed E-state index contributed by atoms with van der Waals surface area (Å²) in [6.07, 6.45) is -4.49. The molecule has 0 saturated carbocycles. The number of rotatable bonds is 3. The van der Waals surface area contributed by atoms with Gasteiger partial charge in [-0.1, -0.05) is 12.1 Å². The van der Waals surface area contributed by atoms with Crippen LogP contribution in [0, 0.1) is 5.82 Å². The number of methoxy groups -OCH3 is 1. The first-order chi connectivity index (χ1) is 9.45. The van der Waals surface area contributed by atoms with E-state index in [0.29, 0.717) is 13.1 Å². The molecular weight excluding hydrogens is 276 g/mol. The van der Waals surface area contributed by atoms with Crippen LogP contribution in [0.1, 0.15) is 11.6 Å². The van der Waals surface area contributed by atoms with Crippen LogP contribution in [0.4, 0.5) is 17.6 Å². The number of para-hydroxylation sites is 1. The molecule has 0 aliphatic carbocycles. The average molecular weight is 292 g/mol. The number of ether oxygens (including phenoxy) is 1. The molecule has 0 amide bonds. The average Bonchev–Trinajstić information content (AvgIpc) is 2.39. The van der Waals surface area contributed by atoms with Crippen molar-refractivity contribution >= 4 is 0 Å². The maximum absolute atomic E-state index is 13.6. The molecule has 1 heterocycles. The van der Waals surface area contributed by atoms with Crippen LogP contribution in [-0.2, 0) is 0 Å². The molecule has 0 bridgehead atoms. The fourth-order valence-corrected chi connectivity index (χ4v) is 2.48. The topological polar surface area (TPSA) is 24.5 Å². The van der Waals surface area contributed by atoms with E-state index in [-0.39, 0.29) is 24.4 Å². The SMILES string of the molecule is COc1c(F)cccc1[C@@H](N1CCNCC1)C(F)(F)F. The van der Waals surface area contributed by atoms with Crippen LogP contribution in [0.15, 0.2) is 18.2 Å². The van der Waals surface area contributed by atoms with Gasteiger partial charge < -0.3 is 10.1 Å². The quantitative estimate of drug-likeness (QED) is 0.866. The Morgan fingerprint density at radius 3 is 2.45 bits per heavy atom. The van der Waals surface area contributed by atoms with Crippen LogP contribution in [0.3, 0.4) is 0 Å². The molecule has 2 rings (SSSR count). The molecule has 1 fully saturated rings. The molecule has 0 spiro atoms. The second kappa shape index (κ2) is 5.97. The summed E-state index contributed by atoms with van der Waals surface area (Å²) in [7, 11) is 1.17. The number of nitrogens with zero attached hydrogens (tertiary/aromatic N) is 1. The molecule has 1 aliphatic rings. The van der Waals surface area contributed by atoms with Crippen molar-refractivity contribution in [2.45, 2.75) is 12.2 Å². The number of hydrogen-bond donors (Lipinski definition) is 1. The molecule has 112 valence electrons. The maximum atomic E-state index is 13.6. The summed E-state index contributed by atoms with van der Waals surface area (Å²) in [5, 5.41) is 3.00. The smallest absolute Gasteiger partial charge is 0.408 e. The Balaban J connectivity index is 2.43. The summed E-state index contributed by atoms with van der Waals surface area (Å²) in [6.45, 7) is 1.46. The van der Waals surface area contributed by atoms with Gasteiger partial charge in [-0.15, -0.1) is 0 Å². The van der Waals surface area contributed by atoms with Crippen molar-refractivity contribution in [1.29, 1.82) is 0 Å². The summed E-state index contributed by atoms with van der Waals surface area (Å²) in [6, 6.07) is 1.78. The highest BCUT2D eigenvalue weighted by Crippen LogP contribution is 2.42. The highest BCUT2D eigenvalue weighted by Gasteiger charge is 2.46. The molecule has 20 heavy (non-hydrogen) atoms. The Hall–Kier alpha value is -1.34. The molecule has 1 aromatic rings. The molecule has 1 saturated heterocycles. The Bertz CT molecular complexity index is 458. The highest BCUT2D eigenvalue weighted by atomic mass is 19.4. The van der Waals surface area contributed by atoms with Crippen LogP contribution in [0.5, 0.6) is 5.75 Å². The zero-order chi connectivity index (χ0) is 14.8. The molecule has 1 atom stereocenters. The van der Waals surface area contributed by atoms with E-state index in [1.807, 2.05) is 0 Å². The van der Waals surface area contributed by atoms with E-state index in [1.54, 1.807) is 0 Å². The van der Waals surface area contributed by atoms with Crippen molar-refractivity contribution in [2.75, 3.05) is 33.3 Å². The zero-order valence-electron chi connectivity index (χ0n) is 11.0. The molecular formula is C13H16F4N2O. The van der Waals surface area contributed by atoms with Crippen LogP contribution in [-0.4, -0.2) is 44.4 Å². The molecule has 3 nitrogen and oxygen atoms in total. The van der Waals surface area contributed by atoms with E-state index in [1.165, 1.54) is 24.1 Å². The predicted molar refractivity (Wildman–Crippen MR) is 66.2 cm³/mol. The van der Waals surface area contributed by atoms with Crippen molar-refractivity contribution in [1.82, 2.24) is 10.2 Å². The third kappa shape index (κ3) is 3.04. The monoisotopic (exact) mass is 292 g/mol. The number of nitrogens with one attached hydrogen (secondary N) is 1. The number of alkyl halides is 3. The van der Waals surface area contributed by atoms with E-state index >= 15 is 0 Å². The van der Waals surface area contributed by atoms with Gasteiger partial charge >= 0.3 is 6.18 Å². The third-order valence-corrected chi connectivity index (χ3v) is 3.32. The van der Waals surface area contributed by atoms with Crippen molar-refractivity contribution in [3.8, 4) is 5.75 Å². The van der Waals surface area contributed by atoms with Gasteiger partial charge in [0, 0.05) is 31.7 Å². The second-order valence-corrected chi connectivity index (χ2v) is 4.59. The number of halogens is 4.